The fourth-order valence-electron chi connectivity index (χ4n) is 5.84. The van der Waals surface area contributed by atoms with Crippen LogP contribution in [0.2, 0.25) is 0 Å². The van der Waals surface area contributed by atoms with Gasteiger partial charge in [0.25, 0.3) is 0 Å². The van der Waals surface area contributed by atoms with Crippen LogP contribution in [0.25, 0.3) is 11.0 Å². The first-order valence-corrected chi connectivity index (χ1v) is 12.2. The summed E-state index contributed by atoms with van der Waals surface area (Å²) in [5, 5.41) is 0. The average molecular weight is 437 g/mol. The molecule has 0 spiro atoms. The van der Waals surface area contributed by atoms with Gasteiger partial charge in [0.1, 0.15) is 5.82 Å². The van der Waals surface area contributed by atoms with Crippen molar-refractivity contribution < 1.29 is 0 Å². The van der Waals surface area contributed by atoms with Gasteiger partial charge in [0, 0.05) is 39.8 Å². The minimum absolute atomic E-state index is 0.828. The molecule has 1 aliphatic heterocycles. The molecule has 2 atom stereocenters. The van der Waals surface area contributed by atoms with E-state index in [0.717, 1.165) is 42.9 Å². The molecule has 0 N–H and O–H groups in total. The van der Waals surface area contributed by atoms with Gasteiger partial charge in [-0.2, -0.15) is 0 Å². The summed E-state index contributed by atoms with van der Waals surface area (Å²) >= 11 is 0. The lowest BCUT2D eigenvalue weighted by molar-refractivity contribution is 0.207. The summed E-state index contributed by atoms with van der Waals surface area (Å²) in [6, 6.07) is 30.3. The van der Waals surface area contributed by atoms with Gasteiger partial charge in [-0.1, -0.05) is 72.8 Å². The molecule has 0 amide bonds. The van der Waals surface area contributed by atoms with E-state index in [1.54, 1.807) is 0 Å². The van der Waals surface area contributed by atoms with Gasteiger partial charge in [-0.25, -0.2) is 4.98 Å². The number of aromatic nitrogens is 2. The highest BCUT2D eigenvalue weighted by Gasteiger charge is 2.55. The van der Waals surface area contributed by atoms with Crippen molar-refractivity contribution in [2.24, 2.45) is 24.8 Å². The normalized spacial score (nSPS) is 22.2. The second-order valence-electron chi connectivity index (χ2n) is 9.90. The molecule has 2 aliphatic rings. The van der Waals surface area contributed by atoms with Crippen molar-refractivity contribution in [3.05, 3.63) is 102 Å². The Morgan fingerprint density at radius 1 is 0.788 bits per heavy atom. The topological polar surface area (TPSA) is 24.3 Å². The molecule has 1 saturated heterocycles. The minimum atomic E-state index is 0.828. The third-order valence-corrected chi connectivity index (χ3v) is 7.66. The molecule has 3 aromatic carbocycles. The molecule has 2 unspecified atom stereocenters. The first kappa shape index (κ1) is 20.6. The maximum atomic E-state index is 4.89. The molecule has 1 aliphatic carbocycles. The van der Waals surface area contributed by atoms with Gasteiger partial charge in [-0.3, -0.25) is 9.80 Å². The second kappa shape index (κ2) is 8.77. The molecule has 1 aromatic heterocycles. The van der Waals surface area contributed by atoms with E-state index in [-0.39, 0.29) is 0 Å². The molecular weight excluding hydrogens is 404 g/mol. The summed E-state index contributed by atoms with van der Waals surface area (Å²) in [5.41, 5.74) is 5.15. The molecule has 4 heteroatoms. The molecule has 33 heavy (non-hydrogen) atoms. The fraction of sp³-hybridized carbons (Fsp3) is 0.345. The number of imidazole rings is 1. The molecule has 0 bridgehead atoms. The summed E-state index contributed by atoms with van der Waals surface area (Å²) in [4.78, 5) is 10.2. The summed E-state index contributed by atoms with van der Waals surface area (Å²) < 4.78 is 2.26. The third kappa shape index (κ3) is 4.33. The van der Waals surface area contributed by atoms with Crippen LogP contribution in [0.1, 0.15) is 17.0 Å². The quantitative estimate of drug-likeness (QED) is 0.390. The Bertz CT molecular complexity index is 1160. The van der Waals surface area contributed by atoms with Crippen LogP contribution in [-0.2, 0) is 26.7 Å². The Hall–Kier alpha value is -2.95. The van der Waals surface area contributed by atoms with Gasteiger partial charge in [-0.05, 0) is 41.0 Å². The molecule has 2 fully saturated rings. The first-order chi connectivity index (χ1) is 16.2. The molecule has 4 aromatic rings. The number of benzene rings is 3. The van der Waals surface area contributed by atoms with Crippen molar-refractivity contribution in [3.8, 4) is 0 Å². The molecule has 6 rings (SSSR count). The van der Waals surface area contributed by atoms with Gasteiger partial charge >= 0.3 is 0 Å². The van der Waals surface area contributed by atoms with E-state index in [9.17, 15) is 0 Å². The highest BCUT2D eigenvalue weighted by molar-refractivity contribution is 5.75. The van der Waals surface area contributed by atoms with E-state index in [1.165, 1.54) is 42.1 Å². The Labute approximate surface area is 196 Å². The monoisotopic (exact) mass is 436 g/mol. The summed E-state index contributed by atoms with van der Waals surface area (Å²) in [6.45, 7) is 6.62. The fourth-order valence-corrected chi connectivity index (χ4v) is 5.84. The lowest BCUT2D eigenvalue weighted by atomic mass is 10.1. The van der Waals surface area contributed by atoms with E-state index >= 15 is 0 Å². The van der Waals surface area contributed by atoms with Crippen molar-refractivity contribution in [2.45, 2.75) is 19.6 Å². The van der Waals surface area contributed by atoms with Crippen LogP contribution in [0.15, 0.2) is 84.9 Å². The highest BCUT2D eigenvalue weighted by Crippen LogP contribution is 2.52. The summed E-state index contributed by atoms with van der Waals surface area (Å²) in [5.74, 6) is 3.69. The zero-order chi connectivity index (χ0) is 22.2. The molecule has 1 saturated carbocycles. The van der Waals surface area contributed by atoms with Crippen molar-refractivity contribution in [2.75, 3.05) is 19.6 Å². The molecule has 0 radical (unpaired) electrons. The number of nitrogens with zero attached hydrogens (tertiary/aromatic N) is 4. The number of fused-ring (bicyclic) bond motifs is 2. The molecule has 4 nitrogen and oxygen atoms in total. The Morgan fingerprint density at radius 3 is 1.97 bits per heavy atom. The lowest BCUT2D eigenvalue weighted by Crippen LogP contribution is -2.30. The zero-order valence-electron chi connectivity index (χ0n) is 19.3. The number of aryl methyl sites for hydroxylation is 1. The van der Waals surface area contributed by atoms with Gasteiger partial charge < -0.3 is 4.57 Å². The maximum Gasteiger partial charge on any atom is 0.123 e. The first-order valence-electron chi connectivity index (χ1n) is 12.2. The van der Waals surface area contributed by atoms with Crippen molar-refractivity contribution in [1.82, 2.24) is 19.4 Å². The van der Waals surface area contributed by atoms with E-state index < -0.39 is 0 Å². The predicted molar refractivity (Wildman–Crippen MR) is 133 cm³/mol. The Balaban J connectivity index is 1.09. The van der Waals surface area contributed by atoms with Crippen LogP contribution >= 0.6 is 0 Å². The van der Waals surface area contributed by atoms with E-state index in [1.807, 2.05) is 0 Å². The standard InChI is InChI=1S/C29H32N4/c1-31-28-15-9-8-14-27(28)30-29(31)21-33-19-25-24(26(25)20-33)18-32(16-22-10-4-2-5-11-22)17-23-12-6-3-7-13-23/h2-15,24-26H,16-21H2,1H3. The smallest absolute Gasteiger partial charge is 0.123 e. The van der Waals surface area contributed by atoms with Crippen LogP contribution < -0.4 is 0 Å². The Morgan fingerprint density at radius 2 is 1.36 bits per heavy atom. The predicted octanol–water partition coefficient (Wildman–Crippen LogP) is 4.95. The van der Waals surface area contributed by atoms with Crippen molar-refractivity contribution in [3.63, 3.8) is 0 Å². The third-order valence-electron chi connectivity index (χ3n) is 7.66. The maximum absolute atomic E-state index is 4.89. The number of para-hydroxylation sites is 2. The van der Waals surface area contributed by atoms with Crippen LogP contribution in [0.5, 0.6) is 0 Å². The van der Waals surface area contributed by atoms with Crippen molar-refractivity contribution in [1.29, 1.82) is 0 Å². The molecular formula is C29H32N4. The number of likely N-dealkylation sites (tertiary alicyclic amines) is 1. The van der Waals surface area contributed by atoms with Gasteiger partial charge in [0.05, 0.1) is 17.6 Å². The van der Waals surface area contributed by atoms with Gasteiger partial charge in [0.15, 0.2) is 0 Å². The van der Waals surface area contributed by atoms with Crippen LogP contribution in [0, 0.1) is 17.8 Å². The van der Waals surface area contributed by atoms with Crippen LogP contribution in [-0.4, -0.2) is 39.0 Å². The van der Waals surface area contributed by atoms with Crippen LogP contribution in [0.3, 0.4) is 0 Å². The summed E-state index contributed by atoms with van der Waals surface area (Å²) in [6.07, 6.45) is 0. The second-order valence-corrected chi connectivity index (χ2v) is 9.90. The highest BCUT2D eigenvalue weighted by atomic mass is 15.2. The minimum Gasteiger partial charge on any atom is -0.330 e. The average Bonchev–Trinajstić information content (AvgIpc) is 3.15. The van der Waals surface area contributed by atoms with Gasteiger partial charge in [-0.15, -0.1) is 0 Å². The largest absolute Gasteiger partial charge is 0.330 e. The SMILES string of the molecule is Cn1c(CN2CC3C(CN(Cc4ccccc4)Cc4ccccc4)C3C2)nc2ccccc21. The number of hydrogen-bond acceptors (Lipinski definition) is 3. The molecule has 168 valence electrons. The summed E-state index contributed by atoms with van der Waals surface area (Å²) in [7, 11) is 2.15. The number of piperidine rings is 1. The van der Waals surface area contributed by atoms with E-state index in [2.05, 4.69) is 106 Å². The van der Waals surface area contributed by atoms with Gasteiger partial charge in [0.2, 0.25) is 0 Å². The van der Waals surface area contributed by atoms with Crippen LogP contribution in [0.4, 0.5) is 0 Å². The Kier molecular flexibility index (Phi) is 5.49. The number of hydrogen-bond donors (Lipinski definition) is 0. The zero-order valence-corrected chi connectivity index (χ0v) is 19.3. The van der Waals surface area contributed by atoms with Crippen molar-refractivity contribution >= 4 is 11.0 Å². The lowest BCUT2D eigenvalue weighted by Gasteiger charge is -2.25. The van der Waals surface area contributed by atoms with E-state index in [4.69, 9.17) is 4.98 Å². The van der Waals surface area contributed by atoms with E-state index in [0.29, 0.717) is 0 Å². The molecule has 2 heterocycles. The number of rotatable bonds is 8.